The van der Waals surface area contributed by atoms with E-state index in [-0.39, 0.29) is 14.1 Å². The molecule has 0 aliphatic heterocycles. The average molecular weight is 214 g/mol. The van der Waals surface area contributed by atoms with Crippen molar-refractivity contribution in [2.45, 2.75) is 29.2 Å². The van der Waals surface area contributed by atoms with Gasteiger partial charge in [-0.05, 0) is 41.3 Å². The Hall–Kier alpha value is 0.452. The van der Waals surface area contributed by atoms with Crippen molar-refractivity contribution in [1.29, 1.82) is 0 Å². The highest BCUT2D eigenvalue weighted by atomic mass is 27.2. The second kappa shape index (κ2) is 8.74. The molecule has 0 heterocycles. The molecule has 14 heavy (non-hydrogen) atoms. The lowest BCUT2D eigenvalue weighted by atomic mass is 10.4. The lowest BCUT2D eigenvalue weighted by Crippen LogP contribution is -2.18. The maximum absolute atomic E-state index is 2.52. The molecule has 84 valence electrons. The molecule has 0 aromatic carbocycles. The zero-order valence-electron chi connectivity index (χ0n) is 10.7. The van der Waals surface area contributed by atoms with Crippen LogP contribution in [0.1, 0.15) is 12.8 Å². The molecular weight excluding hydrogens is 187 g/mol. The van der Waals surface area contributed by atoms with Gasteiger partial charge in [-0.3, -0.25) is 0 Å². The minimum atomic E-state index is -0.373. The van der Waals surface area contributed by atoms with Gasteiger partial charge in [0.05, 0.1) is 0 Å². The van der Waals surface area contributed by atoms with Crippen molar-refractivity contribution in [2.75, 3.05) is 41.3 Å². The van der Waals surface area contributed by atoms with Gasteiger partial charge < -0.3 is 9.80 Å². The van der Waals surface area contributed by atoms with Crippen LogP contribution in [0.3, 0.4) is 0 Å². The summed E-state index contributed by atoms with van der Waals surface area (Å²) in [7, 11) is 8.66. The Balaban J connectivity index is 3.23. The van der Waals surface area contributed by atoms with Crippen molar-refractivity contribution in [3.63, 3.8) is 0 Å². The Morgan fingerprint density at radius 3 is 1.43 bits per heavy atom. The summed E-state index contributed by atoms with van der Waals surface area (Å²) >= 11 is -0.373. The molecule has 0 atom stereocenters. The van der Waals surface area contributed by atoms with E-state index in [4.69, 9.17) is 0 Å². The molecule has 0 fully saturated rings. The predicted octanol–water partition coefficient (Wildman–Crippen LogP) is 2.01. The Kier molecular flexibility index (Phi) is 9.02. The van der Waals surface area contributed by atoms with Crippen LogP contribution in [-0.2, 0) is 0 Å². The van der Waals surface area contributed by atoms with Gasteiger partial charge in [0.2, 0.25) is 0 Å². The summed E-state index contributed by atoms with van der Waals surface area (Å²) in [5.41, 5.74) is 0. The highest BCUT2D eigenvalue weighted by Crippen LogP contribution is 2.06. The first-order chi connectivity index (χ1) is 6.52. The second-order valence-electron chi connectivity index (χ2n) is 5.00. The van der Waals surface area contributed by atoms with Crippen LogP contribution < -0.4 is 0 Å². The summed E-state index contributed by atoms with van der Waals surface area (Å²) in [5.74, 6) is 2.52. The van der Waals surface area contributed by atoms with Crippen LogP contribution in [0.2, 0.25) is 16.4 Å². The Labute approximate surface area is 94.7 Å². The molecule has 0 spiro atoms. The highest BCUT2D eigenvalue weighted by molar-refractivity contribution is 6.57. The topological polar surface area (TPSA) is 6.48 Å². The van der Waals surface area contributed by atoms with E-state index in [2.05, 4.69) is 43.8 Å². The Morgan fingerprint density at radius 1 is 0.786 bits per heavy atom. The molecule has 0 rings (SSSR count). The van der Waals surface area contributed by atoms with Crippen molar-refractivity contribution in [3.05, 3.63) is 0 Å². The fraction of sp³-hybridized carbons (Fsp3) is 1.00. The van der Waals surface area contributed by atoms with E-state index in [1.54, 1.807) is 0 Å². The Bertz CT molecular complexity index is 112. The summed E-state index contributed by atoms with van der Waals surface area (Å²) in [6.07, 6.45) is 2.81. The van der Waals surface area contributed by atoms with Gasteiger partial charge in [0.15, 0.2) is 0 Å². The second-order valence-corrected chi connectivity index (χ2v) is 8.36. The molecule has 2 nitrogen and oxygen atoms in total. The van der Waals surface area contributed by atoms with Crippen LogP contribution in [-0.4, -0.2) is 65.2 Å². The number of rotatable bonds is 8. The first-order valence-electron chi connectivity index (χ1n) is 5.82. The third kappa shape index (κ3) is 10.5. The van der Waals surface area contributed by atoms with Crippen molar-refractivity contribution in [1.82, 2.24) is 9.80 Å². The van der Waals surface area contributed by atoms with Crippen molar-refractivity contribution in [3.8, 4) is 0 Å². The standard InChI is InChI=1S/2C5H12N.CH3.Al/c2*1-4-5-6(2)3;;/h2*1,4-5H2,2-3H3;1H3;. The van der Waals surface area contributed by atoms with Crippen molar-refractivity contribution in [2.24, 2.45) is 0 Å². The number of nitrogens with zero attached hydrogens (tertiary/aromatic N) is 2. The van der Waals surface area contributed by atoms with Gasteiger partial charge in [-0.2, -0.15) is 0 Å². The van der Waals surface area contributed by atoms with Gasteiger partial charge in [-0.15, -0.1) is 5.79 Å². The van der Waals surface area contributed by atoms with Crippen LogP contribution in [0.4, 0.5) is 0 Å². The SMILES string of the molecule is CN(C)CC[CH2][Al]([CH3])[CH2]CCN(C)C. The minimum absolute atomic E-state index is 0.373. The van der Waals surface area contributed by atoms with E-state index < -0.39 is 0 Å². The van der Waals surface area contributed by atoms with Gasteiger partial charge in [0.25, 0.3) is 14.1 Å². The van der Waals surface area contributed by atoms with E-state index >= 15 is 0 Å². The van der Waals surface area contributed by atoms with E-state index in [1.165, 1.54) is 36.5 Å². The van der Waals surface area contributed by atoms with E-state index in [9.17, 15) is 0 Å². The smallest absolute Gasteiger partial charge is 0.258 e. The molecule has 0 saturated heterocycles. The molecular formula is C11H27AlN2. The van der Waals surface area contributed by atoms with E-state index in [1.807, 2.05) is 0 Å². The molecule has 0 N–H and O–H groups in total. The van der Waals surface area contributed by atoms with Gasteiger partial charge in [0, 0.05) is 0 Å². The molecule has 0 aliphatic carbocycles. The highest BCUT2D eigenvalue weighted by Gasteiger charge is 2.09. The van der Waals surface area contributed by atoms with Crippen LogP contribution in [0.15, 0.2) is 0 Å². The molecule has 0 unspecified atom stereocenters. The fourth-order valence-electron chi connectivity index (χ4n) is 1.66. The zero-order chi connectivity index (χ0) is 11.0. The molecule has 0 amide bonds. The third-order valence-corrected chi connectivity index (χ3v) is 5.39. The lowest BCUT2D eigenvalue weighted by Gasteiger charge is -2.12. The molecule has 3 heteroatoms. The lowest BCUT2D eigenvalue weighted by molar-refractivity contribution is 0.404. The maximum atomic E-state index is 2.52. The van der Waals surface area contributed by atoms with Crippen LogP contribution >= 0.6 is 0 Å². The molecule has 0 aromatic rings. The van der Waals surface area contributed by atoms with Crippen LogP contribution in [0, 0.1) is 0 Å². The minimum Gasteiger partial charge on any atom is -0.309 e. The first kappa shape index (κ1) is 14.5. The normalized spacial score (nSPS) is 11.4. The van der Waals surface area contributed by atoms with Gasteiger partial charge in [-0.25, -0.2) is 0 Å². The summed E-state index contributed by atoms with van der Waals surface area (Å²) in [6, 6.07) is 0. The van der Waals surface area contributed by atoms with Crippen LogP contribution in [0.25, 0.3) is 0 Å². The first-order valence-corrected chi connectivity index (χ1v) is 8.60. The average Bonchev–Trinajstić information content (AvgIpc) is 2.02. The van der Waals surface area contributed by atoms with Gasteiger partial charge in [0.1, 0.15) is 0 Å². The number of hydrogen-bond acceptors (Lipinski definition) is 2. The Morgan fingerprint density at radius 2 is 1.14 bits per heavy atom. The van der Waals surface area contributed by atoms with Gasteiger partial charge >= 0.3 is 0 Å². The van der Waals surface area contributed by atoms with Gasteiger partial charge in [-0.1, -0.05) is 23.4 Å². The third-order valence-electron chi connectivity index (χ3n) is 2.60. The summed E-state index contributed by atoms with van der Waals surface area (Å²) in [6.45, 7) is 2.54. The predicted molar refractivity (Wildman–Crippen MR) is 67.6 cm³/mol. The summed E-state index contributed by atoms with van der Waals surface area (Å²) < 4.78 is 0. The van der Waals surface area contributed by atoms with Crippen LogP contribution in [0.5, 0.6) is 0 Å². The maximum Gasteiger partial charge on any atom is 0.258 e. The summed E-state index contributed by atoms with van der Waals surface area (Å²) in [5, 5.41) is 3.04. The molecule has 0 saturated carbocycles. The van der Waals surface area contributed by atoms with Crippen molar-refractivity contribution < 1.29 is 0 Å². The van der Waals surface area contributed by atoms with Crippen molar-refractivity contribution >= 4 is 14.1 Å². The molecule has 0 radical (unpaired) electrons. The fourth-order valence-corrected chi connectivity index (χ4v) is 3.70. The summed E-state index contributed by atoms with van der Waals surface area (Å²) in [4.78, 5) is 4.59. The number of hydrogen-bond donors (Lipinski definition) is 0. The monoisotopic (exact) mass is 214 g/mol. The largest absolute Gasteiger partial charge is 0.309 e. The molecule has 0 aromatic heterocycles. The van der Waals surface area contributed by atoms with E-state index in [0.717, 1.165) is 0 Å². The molecule has 0 aliphatic rings. The molecule has 0 bridgehead atoms. The van der Waals surface area contributed by atoms with E-state index in [0.29, 0.717) is 0 Å². The quantitative estimate of drug-likeness (QED) is 0.570. The zero-order valence-corrected chi connectivity index (χ0v) is 11.9.